The van der Waals surface area contributed by atoms with Crippen molar-refractivity contribution in [3.63, 3.8) is 0 Å². The summed E-state index contributed by atoms with van der Waals surface area (Å²) >= 11 is 9.33. The van der Waals surface area contributed by atoms with Crippen LogP contribution >= 0.6 is 27.5 Å². The van der Waals surface area contributed by atoms with Crippen molar-refractivity contribution in [1.29, 1.82) is 0 Å². The fourth-order valence-electron chi connectivity index (χ4n) is 2.02. The zero-order valence-electron chi connectivity index (χ0n) is 10.0. The van der Waals surface area contributed by atoms with E-state index in [4.69, 9.17) is 17.3 Å². The van der Waals surface area contributed by atoms with Crippen molar-refractivity contribution in [2.45, 2.75) is 25.9 Å². The lowest BCUT2D eigenvalue weighted by atomic mass is 10.0. The quantitative estimate of drug-likeness (QED) is 0.904. The van der Waals surface area contributed by atoms with Crippen LogP contribution in [-0.4, -0.2) is 22.8 Å². The number of amidine groups is 1. The maximum atomic E-state index is 11.8. The predicted molar refractivity (Wildman–Crippen MR) is 75.9 cm³/mol. The van der Waals surface area contributed by atoms with Crippen molar-refractivity contribution in [3.8, 4) is 0 Å². The van der Waals surface area contributed by atoms with Gasteiger partial charge in [0.15, 0.2) is 0 Å². The Morgan fingerprint density at radius 3 is 2.72 bits per heavy atom. The molecule has 0 aromatic heterocycles. The maximum absolute atomic E-state index is 11.8. The van der Waals surface area contributed by atoms with E-state index in [1.54, 1.807) is 11.0 Å². The number of aliphatic imine (C=N–C) groups is 1. The Morgan fingerprint density at radius 1 is 1.50 bits per heavy atom. The van der Waals surface area contributed by atoms with Gasteiger partial charge in [0.25, 0.3) is 0 Å². The molecule has 1 aromatic rings. The molecule has 2 N–H and O–H groups in total. The van der Waals surface area contributed by atoms with Crippen LogP contribution in [0.3, 0.4) is 0 Å². The number of nitrogens with zero attached hydrogens (tertiary/aromatic N) is 2. The summed E-state index contributed by atoms with van der Waals surface area (Å²) in [4.78, 5) is 17.3. The number of carbonyl (C=O) groups excluding carboxylic acids is 1. The molecule has 0 spiro atoms. The third-order valence-electron chi connectivity index (χ3n) is 2.82. The number of benzene rings is 1. The summed E-state index contributed by atoms with van der Waals surface area (Å²) in [6, 6.07) is 4.92. The van der Waals surface area contributed by atoms with E-state index < -0.39 is 0 Å². The lowest BCUT2D eigenvalue weighted by Crippen LogP contribution is -2.38. The van der Waals surface area contributed by atoms with Crippen LogP contribution in [0.1, 0.15) is 25.5 Å². The minimum absolute atomic E-state index is 0.0294. The molecule has 0 bridgehead atoms. The first kappa shape index (κ1) is 13.4. The van der Waals surface area contributed by atoms with Crippen molar-refractivity contribution in [2.75, 3.05) is 0 Å². The van der Waals surface area contributed by atoms with E-state index in [0.717, 1.165) is 10.0 Å². The Bertz CT molecular complexity index is 530. The van der Waals surface area contributed by atoms with Crippen LogP contribution in [0.15, 0.2) is 27.7 Å². The molecule has 1 heterocycles. The van der Waals surface area contributed by atoms with Gasteiger partial charge in [0, 0.05) is 10.5 Å². The molecule has 18 heavy (non-hydrogen) atoms. The minimum Gasteiger partial charge on any atom is -0.385 e. The van der Waals surface area contributed by atoms with Gasteiger partial charge in [-0.3, -0.25) is 0 Å². The second kappa shape index (κ2) is 4.90. The van der Waals surface area contributed by atoms with Gasteiger partial charge in [0.1, 0.15) is 11.9 Å². The van der Waals surface area contributed by atoms with Crippen LogP contribution in [0.25, 0.3) is 0 Å². The van der Waals surface area contributed by atoms with Gasteiger partial charge in [-0.1, -0.05) is 17.7 Å². The van der Waals surface area contributed by atoms with E-state index >= 15 is 0 Å². The molecule has 1 aliphatic rings. The summed E-state index contributed by atoms with van der Waals surface area (Å²) in [5.41, 5.74) is 6.75. The maximum Gasteiger partial charge on any atom is 0.346 e. The molecule has 0 saturated heterocycles. The van der Waals surface area contributed by atoms with Crippen LogP contribution in [0.5, 0.6) is 0 Å². The highest BCUT2D eigenvalue weighted by Crippen LogP contribution is 2.32. The van der Waals surface area contributed by atoms with Crippen molar-refractivity contribution in [1.82, 2.24) is 4.90 Å². The highest BCUT2D eigenvalue weighted by molar-refractivity contribution is 9.10. The number of urea groups is 1. The molecule has 0 aliphatic carbocycles. The average molecular weight is 331 g/mol. The molecule has 1 aliphatic heterocycles. The molecule has 1 unspecified atom stereocenters. The van der Waals surface area contributed by atoms with Crippen LogP contribution in [0.2, 0.25) is 5.02 Å². The summed E-state index contributed by atoms with van der Waals surface area (Å²) < 4.78 is 0.775. The van der Waals surface area contributed by atoms with Gasteiger partial charge in [-0.25, -0.2) is 4.79 Å². The highest BCUT2D eigenvalue weighted by atomic mass is 79.9. The number of hydrogen-bond acceptors (Lipinski definition) is 2. The summed E-state index contributed by atoms with van der Waals surface area (Å²) in [5.74, 6) is 0.322. The van der Waals surface area contributed by atoms with Crippen molar-refractivity contribution < 1.29 is 4.79 Å². The van der Waals surface area contributed by atoms with Gasteiger partial charge < -0.3 is 10.6 Å². The molecular weight excluding hydrogens is 318 g/mol. The summed E-state index contributed by atoms with van der Waals surface area (Å²) in [6.07, 6.45) is 0. The van der Waals surface area contributed by atoms with Crippen molar-refractivity contribution in [2.24, 2.45) is 10.7 Å². The van der Waals surface area contributed by atoms with Gasteiger partial charge in [-0.2, -0.15) is 4.99 Å². The fourth-order valence-corrected chi connectivity index (χ4v) is 2.53. The minimum atomic E-state index is -0.314. The third kappa shape index (κ3) is 2.24. The number of amides is 2. The first-order valence-corrected chi connectivity index (χ1v) is 6.70. The van der Waals surface area contributed by atoms with Gasteiger partial charge in [0.2, 0.25) is 0 Å². The van der Waals surface area contributed by atoms with Crippen LogP contribution in [0, 0.1) is 0 Å². The zero-order chi connectivity index (χ0) is 13.4. The van der Waals surface area contributed by atoms with E-state index in [2.05, 4.69) is 20.9 Å². The van der Waals surface area contributed by atoms with Crippen LogP contribution in [-0.2, 0) is 0 Å². The zero-order valence-corrected chi connectivity index (χ0v) is 12.4. The molecule has 1 aromatic carbocycles. The summed E-state index contributed by atoms with van der Waals surface area (Å²) in [5, 5.41) is 0.620. The van der Waals surface area contributed by atoms with Gasteiger partial charge in [-0.15, -0.1) is 0 Å². The molecule has 0 radical (unpaired) electrons. The van der Waals surface area contributed by atoms with Gasteiger partial charge >= 0.3 is 6.03 Å². The lowest BCUT2D eigenvalue weighted by Gasteiger charge is -2.28. The normalized spacial score (nSPS) is 19.6. The second-order valence-electron chi connectivity index (χ2n) is 4.40. The van der Waals surface area contributed by atoms with E-state index in [0.29, 0.717) is 10.9 Å². The number of nitrogens with two attached hydrogens (primary N) is 1. The van der Waals surface area contributed by atoms with Gasteiger partial charge in [0.05, 0.1) is 5.02 Å². The Kier molecular flexibility index (Phi) is 3.64. The van der Waals surface area contributed by atoms with Crippen molar-refractivity contribution >= 4 is 39.4 Å². The monoisotopic (exact) mass is 329 g/mol. The molecule has 96 valence electrons. The fraction of sp³-hybridized carbons (Fsp3) is 0.333. The Labute approximate surface area is 119 Å². The predicted octanol–water partition coefficient (Wildman–Crippen LogP) is 3.34. The molecule has 0 saturated carbocycles. The number of halogens is 2. The second-order valence-corrected chi connectivity index (χ2v) is 5.66. The largest absolute Gasteiger partial charge is 0.385 e. The molecule has 2 amide bonds. The molecular formula is C12H13BrClN3O. The SMILES string of the molecule is CC(C)N1C(=O)N=C(N)C1c1ccc(Cl)c(Br)c1. The smallest absolute Gasteiger partial charge is 0.346 e. The Hall–Kier alpha value is -1.07. The number of carbonyl (C=O) groups is 1. The first-order chi connectivity index (χ1) is 8.41. The van der Waals surface area contributed by atoms with Crippen LogP contribution in [0.4, 0.5) is 4.79 Å². The van der Waals surface area contributed by atoms with E-state index in [1.165, 1.54) is 0 Å². The Balaban J connectivity index is 2.44. The molecule has 4 nitrogen and oxygen atoms in total. The van der Waals surface area contributed by atoms with Crippen molar-refractivity contribution in [3.05, 3.63) is 33.3 Å². The molecule has 1 atom stereocenters. The third-order valence-corrected chi connectivity index (χ3v) is 4.03. The number of rotatable bonds is 2. The average Bonchev–Trinajstić information content (AvgIpc) is 2.57. The summed E-state index contributed by atoms with van der Waals surface area (Å²) in [7, 11) is 0. The van der Waals surface area contributed by atoms with E-state index in [-0.39, 0.29) is 18.1 Å². The highest BCUT2D eigenvalue weighted by Gasteiger charge is 2.36. The van der Waals surface area contributed by atoms with Crippen LogP contribution < -0.4 is 5.73 Å². The summed E-state index contributed by atoms with van der Waals surface area (Å²) in [6.45, 7) is 3.87. The standard InChI is InChI=1S/C12H13BrClN3O/c1-6(2)17-10(11(15)16-12(17)18)7-3-4-9(14)8(13)5-7/h3-6,10H,1-2H3,(H2,15,16,18). The van der Waals surface area contributed by atoms with E-state index in [1.807, 2.05) is 26.0 Å². The lowest BCUT2D eigenvalue weighted by molar-refractivity contribution is 0.190. The molecule has 0 fully saturated rings. The van der Waals surface area contributed by atoms with Gasteiger partial charge in [-0.05, 0) is 47.5 Å². The first-order valence-electron chi connectivity index (χ1n) is 5.53. The molecule has 2 rings (SSSR count). The van der Waals surface area contributed by atoms with E-state index in [9.17, 15) is 4.79 Å². The topological polar surface area (TPSA) is 58.7 Å². The molecule has 6 heteroatoms. The number of hydrogen-bond donors (Lipinski definition) is 1. The Morgan fingerprint density at radius 2 is 2.17 bits per heavy atom.